The van der Waals surface area contributed by atoms with Gasteiger partial charge in [0, 0.05) is 5.25 Å². The Hall–Kier alpha value is -0.490. The topological polar surface area (TPSA) is 34.1 Å². The highest BCUT2D eigenvalue weighted by Crippen LogP contribution is 1.82. The maximum atomic E-state index is 10.4. The van der Waals surface area contributed by atoms with Crippen LogP contribution in [0.1, 0.15) is 13.8 Å². The van der Waals surface area contributed by atoms with Crippen LogP contribution in [-0.4, -0.2) is 14.2 Å². The van der Waals surface area contributed by atoms with Crippen molar-refractivity contribution in [1.82, 2.24) is 0 Å². The molecule has 0 aromatic heterocycles. The zero-order valence-electron chi connectivity index (χ0n) is 4.93. The van der Waals surface area contributed by atoms with E-state index in [0.29, 0.717) is 0 Å². The average Bonchev–Trinajstić information content (AvgIpc) is 1.67. The third-order valence-corrected chi connectivity index (χ3v) is 1.91. The summed E-state index contributed by atoms with van der Waals surface area (Å²) in [6, 6.07) is 0. The molecule has 0 aliphatic rings. The SMILES string of the molecule is CC#CS(=O)(=O)CC. The van der Waals surface area contributed by atoms with Gasteiger partial charge in [-0.05, 0) is 6.92 Å². The molecule has 0 atom stereocenters. The average molecular weight is 132 g/mol. The molecule has 0 fully saturated rings. The quantitative estimate of drug-likeness (QED) is 0.382. The van der Waals surface area contributed by atoms with Crippen LogP contribution in [-0.2, 0) is 9.84 Å². The van der Waals surface area contributed by atoms with Crippen LogP contribution in [0.2, 0.25) is 0 Å². The van der Waals surface area contributed by atoms with Crippen LogP contribution in [0.5, 0.6) is 0 Å². The molecule has 46 valence electrons. The maximum Gasteiger partial charge on any atom is 0.216 e. The number of hydrogen-bond acceptors (Lipinski definition) is 2. The summed E-state index contributed by atoms with van der Waals surface area (Å²) in [4.78, 5) is 0. The van der Waals surface area contributed by atoms with Gasteiger partial charge in [0.1, 0.15) is 0 Å². The summed E-state index contributed by atoms with van der Waals surface area (Å²) in [7, 11) is -3.03. The van der Waals surface area contributed by atoms with E-state index in [0.717, 1.165) is 0 Å². The molecule has 0 N–H and O–H groups in total. The lowest BCUT2D eigenvalue weighted by molar-refractivity contribution is 0.607. The van der Waals surface area contributed by atoms with Gasteiger partial charge >= 0.3 is 0 Å². The Morgan fingerprint density at radius 3 is 2.12 bits per heavy atom. The standard InChI is InChI=1S/C5H8O2S/c1-3-5-8(6,7)4-2/h4H2,1-2H3. The lowest BCUT2D eigenvalue weighted by Gasteiger charge is -1.81. The smallest absolute Gasteiger partial charge is 0.215 e. The van der Waals surface area contributed by atoms with Crippen molar-refractivity contribution in [2.75, 3.05) is 5.75 Å². The molecule has 3 heteroatoms. The molecule has 0 saturated heterocycles. The highest BCUT2D eigenvalue weighted by Gasteiger charge is 1.97. The van der Waals surface area contributed by atoms with E-state index in [9.17, 15) is 8.42 Å². The van der Waals surface area contributed by atoms with E-state index in [4.69, 9.17) is 0 Å². The minimum Gasteiger partial charge on any atom is -0.215 e. The van der Waals surface area contributed by atoms with Gasteiger partial charge in [0.25, 0.3) is 0 Å². The molecule has 8 heavy (non-hydrogen) atoms. The molecule has 0 rings (SSSR count). The second-order valence-electron chi connectivity index (χ2n) is 1.26. The van der Waals surface area contributed by atoms with Gasteiger partial charge in [-0.15, -0.1) is 0 Å². The van der Waals surface area contributed by atoms with Gasteiger partial charge in [-0.2, -0.15) is 0 Å². The van der Waals surface area contributed by atoms with Crippen molar-refractivity contribution in [2.24, 2.45) is 0 Å². The summed E-state index contributed by atoms with van der Waals surface area (Å²) in [6.07, 6.45) is 0. The molecule has 0 bridgehead atoms. The Morgan fingerprint density at radius 2 is 2.00 bits per heavy atom. The highest BCUT2D eigenvalue weighted by atomic mass is 32.2. The van der Waals surface area contributed by atoms with Crippen molar-refractivity contribution >= 4 is 9.84 Å². The van der Waals surface area contributed by atoms with E-state index in [2.05, 4.69) is 11.2 Å². The van der Waals surface area contributed by atoms with Gasteiger partial charge in [-0.25, -0.2) is 8.42 Å². The Balaban J connectivity index is 4.34. The normalized spacial score (nSPS) is 9.75. The minimum atomic E-state index is -3.03. The monoisotopic (exact) mass is 132 g/mol. The van der Waals surface area contributed by atoms with Crippen molar-refractivity contribution in [3.63, 3.8) is 0 Å². The van der Waals surface area contributed by atoms with Gasteiger partial charge in [0.15, 0.2) is 0 Å². The zero-order valence-corrected chi connectivity index (χ0v) is 5.75. The number of sulfone groups is 1. The van der Waals surface area contributed by atoms with E-state index >= 15 is 0 Å². The first kappa shape index (κ1) is 7.51. The van der Waals surface area contributed by atoms with Gasteiger partial charge in [0.2, 0.25) is 9.84 Å². The molecule has 0 aliphatic carbocycles. The van der Waals surface area contributed by atoms with Crippen molar-refractivity contribution in [1.29, 1.82) is 0 Å². The van der Waals surface area contributed by atoms with Gasteiger partial charge in [-0.3, -0.25) is 0 Å². The fourth-order valence-electron chi connectivity index (χ4n) is 0.228. The predicted octanol–water partition coefficient (Wildman–Crippen LogP) is 0.402. The van der Waals surface area contributed by atoms with Crippen molar-refractivity contribution in [2.45, 2.75) is 13.8 Å². The first-order chi connectivity index (χ1) is 3.62. The van der Waals surface area contributed by atoms with Crippen LogP contribution in [0.25, 0.3) is 0 Å². The Morgan fingerprint density at radius 1 is 1.50 bits per heavy atom. The van der Waals surface area contributed by atoms with Crippen LogP contribution in [0, 0.1) is 11.2 Å². The zero-order chi connectivity index (χ0) is 6.62. The number of hydrogen-bond donors (Lipinski definition) is 0. The van der Waals surface area contributed by atoms with E-state index in [1.54, 1.807) is 6.92 Å². The molecular formula is C5H8O2S. The molecule has 0 amide bonds. The third-order valence-electron chi connectivity index (χ3n) is 0.638. The van der Waals surface area contributed by atoms with Crippen LogP contribution in [0.15, 0.2) is 0 Å². The van der Waals surface area contributed by atoms with E-state index in [-0.39, 0.29) is 5.75 Å². The molecule has 0 aromatic rings. The molecule has 0 radical (unpaired) electrons. The summed E-state index contributed by atoms with van der Waals surface area (Å²) in [5, 5.41) is 2.09. The minimum absolute atomic E-state index is 0.105. The molecular weight excluding hydrogens is 124 g/mol. The van der Waals surface area contributed by atoms with Crippen molar-refractivity contribution in [3.8, 4) is 11.2 Å². The fourth-order valence-corrected chi connectivity index (χ4v) is 0.683. The summed E-state index contributed by atoms with van der Waals surface area (Å²) in [5.41, 5.74) is 0. The first-order valence-corrected chi connectivity index (χ1v) is 3.94. The Kier molecular flexibility index (Phi) is 2.56. The summed E-state index contributed by atoms with van der Waals surface area (Å²) in [5.74, 6) is 2.43. The molecule has 0 saturated carbocycles. The first-order valence-electron chi connectivity index (χ1n) is 2.28. The predicted molar refractivity (Wildman–Crippen MR) is 32.9 cm³/mol. The van der Waals surface area contributed by atoms with Gasteiger partial charge in [-0.1, -0.05) is 12.8 Å². The highest BCUT2D eigenvalue weighted by molar-refractivity contribution is 7.96. The summed E-state index contributed by atoms with van der Waals surface area (Å²) >= 11 is 0. The second kappa shape index (κ2) is 2.73. The van der Waals surface area contributed by atoms with Gasteiger partial charge < -0.3 is 0 Å². The van der Waals surface area contributed by atoms with Crippen molar-refractivity contribution < 1.29 is 8.42 Å². The molecule has 0 heterocycles. The largest absolute Gasteiger partial charge is 0.216 e. The van der Waals surface area contributed by atoms with Crippen LogP contribution >= 0.6 is 0 Å². The van der Waals surface area contributed by atoms with Crippen LogP contribution in [0.4, 0.5) is 0 Å². The fraction of sp³-hybridized carbons (Fsp3) is 0.600. The Bertz CT molecular complexity index is 202. The van der Waals surface area contributed by atoms with Crippen LogP contribution in [0.3, 0.4) is 0 Å². The molecule has 0 aliphatic heterocycles. The van der Waals surface area contributed by atoms with Crippen LogP contribution < -0.4 is 0 Å². The summed E-state index contributed by atoms with van der Waals surface area (Å²) in [6.45, 7) is 3.08. The number of rotatable bonds is 1. The maximum absolute atomic E-state index is 10.4. The van der Waals surface area contributed by atoms with E-state index in [1.165, 1.54) is 6.92 Å². The molecule has 0 unspecified atom stereocenters. The molecule has 0 spiro atoms. The lowest BCUT2D eigenvalue weighted by Crippen LogP contribution is -1.96. The molecule has 0 aromatic carbocycles. The molecule has 2 nitrogen and oxygen atoms in total. The second-order valence-corrected chi connectivity index (χ2v) is 3.27. The third kappa shape index (κ3) is 2.64. The van der Waals surface area contributed by atoms with E-state index in [1.807, 2.05) is 0 Å². The van der Waals surface area contributed by atoms with Gasteiger partial charge in [0.05, 0.1) is 5.75 Å². The summed E-state index contributed by atoms with van der Waals surface area (Å²) < 4.78 is 20.9. The van der Waals surface area contributed by atoms with Crippen molar-refractivity contribution in [3.05, 3.63) is 0 Å². The lowest BCUT2D eigenvalue weighted by atomic mass is 10.8. The Labute approximate surface area is 49.8 Å². The van der Waals surface area contributed by atoms with E-state index < -0.39 is 9.84 Å².